The van der Waals surface area contributed by atoms with Gasteiger partial charge in [-0.25, -0.2) is 0 Å². The van der Waals surface area contributed by atoms with Crippen molar-refractivity contribution in [3.63, 3.8) is 0 Å². The first-order valence-electron chi connectivity index (χ1n) is 7.97. The zero-order valence-corrected chi connectivity index (χ0v) is 12.9. The molecule has 1 aliphatic rings. The zero-order valence-electron chi connectivity index (χ0n) is 12.9. The molecule has 3 rings (SSSR count). The molecule has 2 aromatic rings. The molecule has 0 radical (unpaired) electrons. The molecule has 0 spiro atoms. The second-order valence-electron chi connectivity index (χ2n) is 6.14. The number of para-hydroxylation sites is 1. The topological polar surface area (TPSA) is 62.2 Å². The maximum Gasteiger partial charge on any atom is 0.253 e. The van der Waals surface area contributed by atoms with Gasteiger partial charge in [-0.05, 0) is 31.4 Å². The number of hydrogen-bond donors (Lipinski definition) is 2. The van der Waals surface area contributed by atoms with Crippen LogP contribution in [0.5, 0.6) is 0 Å². The molecule has 1 saturated carbocycles. The Morgan fingerprint density at radius 3 is 2.91 bits per heavy atom. The van der Waals surface area contributed by atoms with E-state index >= 15 is 0 Å². The molecule has 1 aromatic heterocycles. The SMILES string of the molecule is Cc1c(C(=O)NC[C@H]2CCCC[C@@H]2O)cnc2ccccc12. The predicted molar refractivity (Wildman–Crippen MR) is 86.8 cm³/mol. The van der Waals surface area contributed by atoms with Crippen LogP contribution in [-0.4, -0.2) is 28.6 Å². The van der Waals surface area contributed by atoms with Crippen LogP contribution in [0.4, 0.5) is 0 Å². The molecule has 2 atom stereocenters. The number of carbonyl (C=O) groups is 1. The molecule has 1 heterocycles. The Kier molecular flexibility index (Phi) is 4.39. The van der Waals surface area contributed by atoms with E-state index in [1.54, 1.807) is 6.20 Å². The second kappa shape index (κ2) is 6.44. The van der Waals surface area contributed by atoms with Gasteiger partial charge >= 0.3 is 0 Å². The summed E-state index contributed by atoms with van der Waals surface area (Å²) in [6, 6.07) is 7.83. The van der Waals surface area contributed by atoms with Crippen LogP contribution < -0.4 is 5.32 Å². The van der Waals surface area contributed by atoms with Crippen molar-refractivity contribution >= 4 is 16.8 Å². The van der Waals surface area contributed by atoms with Crippen LogP contribution in [0.2, 0.25) is 0 Å². The van der Waals surface area contributed by atoms with Gasteiger partial charge in [0.05, 0.1) is 17.2 Å². The van der Waals surface area contributed by atoms with Crippen LogP contribution in [0, 0.1) is 12.8 Å². The third-order valence-electron chi connectivity index (χ3n) is 4.68. The quantitative estimate of drug-likeness (QED) is 0.916. The molecule has 116 valence electrons. The molecule has 1 fully saturated rings. The molecule has 1 amide bonds. The molecule has 1 aliphatic carbocycles. The van der Waals surface area contributed by atoms with Gasteiger partial charge < -0.3 is 10.4 Å². The fourth-order valence-corrected chi connectivity index (χ4v) is 3.25. The Morgan fingerprint density at radius 1 is 1.32 bits per heavy atom. The summed E-state index contributed by atoms with van der Waals surface area (Å²) < 4.78 is 0. The van der Waals surface area contributed by atoms with Gasteiger partial charge in [-0.1, -0.05) is 31.0 Å². The van der Waals surface area contributed by atoms with Gasteiger partial charge in [0, 0.05) is 24.0 Å². The van der Waals surface area contributed by atoms with Gasteiger partial charge in [0.25, 0.3) is 5.91 Å². The van der Waals surface area contributed by atoms with Crippen molar-refractivity contribution in [3.05, 3.63) is 41.6 Å². The molecule has 0 bridgehead atoms. The molecule has 0 aliphatic heterocycles. The number of aryl methyl sites for hydroxylation is 1. The number of pyridine rings is 1. The Hall–Kier alpha value is -1.94. The number of aliphatic hydroxyl groups is 1. The van der Waals surface area contributed by atoms with Gasteiger partial charge in [-0.2, -0.15) is 0 Å². The summed E-state index contributed by atoms with van der Waals surface area (Å²) in [5.41, 5.74) is 2.47. The van der Waals surface area contributed by atoms with Crippen LogP contribution in [0.25, 0.3) is 10.9 Å². The van der Waals surface area contributed by atoms with E-state index in [-0.39, 0.29) is 17.9 Å². The van der Waals surface area contributed by atoms with Crippen LogP contribution >= 0.6 is 0 Å². The number of carbonyl (C=O) groups excluding carboxylic acids is 1. The van der Waals surface area contributed by atoms with Crippen molar-refractivity contribution in [2.45, 2.75) is 38.7 Å². The van der Waals surface area contributed by atoms with Crippen LogP contribution in [-0.2, 0) is 0 Å². The van der Waals surface area contributed by atoms with Crippen molar-refractivity contribution < 1.29 is 9.90 Å². The van der Waals surface area contributed by atoms with Gasteiger partial charge in [-0.15, -0.1) is 0 Å². The lowest BCUT2D eigenvalue weighted by Crippen LogP contribution is -2.36. The van der Waals surface area contributed by atoms with Crippen molar-refractivity contribution in [2.24, 2.45) is 5.92 Å². The molecular weight excluding hydrogens is 276 g/mol. The van der Waals surface area contributed by atoms with E-state index in [0.717, 1.165) is 42.1 Å². The predicted octanol–water partition coefficient (Wildman–Crippen LogP) is 2.82. The third kappa shape index (κ3) is 2.97. The zero-order chi connectivity index (χ0) is 15.5. The number of nitrogens with one attached hydrogen (secondary N) is 1. The lowest BCUT2D eigenvalue weighted by atomic mass is 9.86. The summed E-state index contributed by atoms with van der Waals surface area (Å²) in [5.74, 6) is 0.0694. The standard InChI is InChI=1S/C18H22N2O2/c1-12-14-7-3-4-8-16(14)19-11-15(12)18(22)20-10-13-6-2-5-9-17(13)21/h3-4,7-8,11,13,17,21H,2,5-6,9-10H2,1H3,(H,20,22)/t13-,17+/m1/s1. The smallest absolute Gasteiger partial charge is 0.253 e. The number of hydrogen-bond acceptors (Lipinski definition) is 3. The number of aliphatic hydroxyl groups excluding tert-OH is 1. The van der Waals surface area contributed by atoms with E-state index in [4.69, 9.17) is 0 Å². The first kappa shape index (κ1) is 15.0. The summed E-state index contributed by atoms with van der Waals surface area (Å²) in [5, 5.41) is 14.0. The second-order valence-corrected chi connectivity index (χ2v) is 6.14. The molecule has 1 aromatic carbocycles. The monoisotopic (exact) mass is 298 g/mol. The van der Waals surface area contributed by atoms with Crippen LogP contribution in [0.3, 0.4) is 0 Å². The maximum absolute atomic E-state index is 12.4. The van der Waals surface area contributed by atoms with E-state index in [9.17, 15) is 9.90 Å². The molecule has 4 nitrogen and oxygen atoms in total. The van der Waals surface area contributed by atoms with E-state index in [2.05, 4.69) is 10.3 Å². The molecule has 0 unspecified atom stereocenters. The Morgan fingerprint density at radius 2 is 2.09 bits per heavy atom. The van der Waals surface area contributed by atoms with Crippen molar-refractivity contribution in [2.75, 3.05) is 6.54 Å². The molecule has 0 saturated heterocycles. The third-order valence-corrected chi connectivity index (χ3v) is 4.68. The summed E-state index contributed by atoms with van der Waals surface area (Å²) in [6.45, 7) is 2.49. The first-order valence-corrected chi connectivity index (χ1v) is 7.97. The summed E-state index contributed by atoms with van der Waals surface area (Å²) >= 11 is 0. The lowest BCUT2D eigenvalue weighted by Gasteiger charge is -2.27. The number of benzene rings is 1. The van der Waals surface area contributed by atoms with Crippen LogP contribution in [0.1, 0.15) is 41.6 Å². The van der Waals surface area contributed by atoms with Crippen molar-refractivity contribution in [3.8, 4) is 0 Å². The van der Waals surface area contributed by atoms with E-state index in [1.807, 2.05) is 31.2 Å². The minimum Gasteiger partial charge on any atom is -0.393 e. The largest absolute Gasteiger partial charge is 0.393 e. The number of aromatic nitrogens is 1. The minimum atomic E-state index is -0.287. The summed E-state index contributed by atoms with van der Waals surface area (Å²) in [6.07, 6.45) is 5.40. The van der Waals surface area contributed by atoms with Gasteiger partial charge in [0.15, 0.2) is 0 Å². The maximum atomic E-state index is 12.4. The summed E-state index contributed by atoms with van der Waals surface area (Å²) in [4.78, 5) is 16.8. The van der Waals surface area contributed by atoms with Gasteiger partial charge in [0.2, 0.25) is 0 Å². The average molecular weight is 298 g/mol. The van der Waals surface area contributed by atoms with Crippen molar-refractivity contribution in [1.82, 2.24) is 10.3 Å². The van der Waals surface area contributed by atoms with E-state index in [0.29, 0.717) is 12.1 Å². The fraction of sp³-hybridized carbons (Fsp3) is 0.444. The Labute approximate surface area is 130 Å². The highest BCUT2D eigenvalue weighted by molar-refractivity contribution is 5.99. The number of amides is 1. The number of fused-ring (bicyclic) bond motifs is 1. The number of rotatable bonds is 3. The summed E-state index contributed by atoms with van der Waals surface area (Å²) in [7, 11) is 0. The number of nitrogens with zero attached hydrogens (tertiary/aromatic N) is 1. The highest BCUT2D eigenvalue weighted by Gasteiger charge is 2.23. The molecular formula is C18H22N2O2. The molecule has 2 N–H and O–H groups in total. The molecule has 22 heavy (non-hydrogen) atoms. The van der Waals surface area contributed by atoms with Gasteiger partial charge in [-0.3, -0.25) is 9.78 Å². The van der Waals surface area contributed by atoms with E-state index in [1.165, 1.54) is 0 Å². The lowest BCUT2D eigenvalue weighted by molar-refractivity contribution is 0.0663. The average Bonchev–Trinajstić information content (AvgIpc) is 2.54. The molecule has 4 heteroatoms. The Bertz CT molecular complexity index is 684. The highest BCUT2D eigenvalue weighted by atomic mass is 16.3. The van der Waals surface area contributed by atoms with Crippen LogP contribution in [0.15, 0.2) is 30.5 Å². The van der Waals surface area contributed by atoms with Gasteiger partial charge in [0.1, 0.15) is 0 Å². The minimum absolute atomic E-state index is 0.103. The Balaban J connectivity index is 1.73. The van der Waals surface area contributed by atoms with Crippen molar-refractivity contribution in [1.29, 1.82) is 0 Å². The fourth-order valence-electron chi connectivity index (χ4n) is 3.25. The van der Waals surface area contributed by atoms with E-state index < -0.39 is 0 Å². The normalized spacial score (nSPS) is 21.7. The highest BCUT2D eigenvalue weighted by Crippen LogP contribution is 2.24. The first-order chi connectivity index (χ1) is 10.7.